The predicted molar refractivity (Wildman–Crippen MR) is 52.8 cm³/mol. The molecule has 2 aromatic rings. The number of para-hydroxylation sites is 1. The van der Waals surface area contributed by atoms with Crippen molar-refractivity contribution in [1.82, 2.24) is 14.9 Å². The van der Waals surface area contributed by atoms with Gasteiger partial charge in [-0.1, -0.05) is 6.07 Å². The second-order valence-electron chi connectivity index (χ2n) is 2.80. The van der Waals surface area contributed by atoms with Gasteiger partial charge in [0.1, 0.15) is 12.7 Å². The summed E-state index contributed by atoms with van der Waals surface area (Å²) in [5, 5.41) is 29.7. The summed E-state index contributed by atoms with van der Waals surface area (Å²) in [5.74, 6) is -0.378. The van der Waals surface area contributed by atoms with Crippen molar-refractivity contribution < 1.29 is 10.2 Å². The Bertz CT molecular complexity index is 479. The van der Waals surface area contributed by atoms with Crippen LogP contribution in [0.1, 0.15) is 5.56 Å². The van der Waals surface area contributed by atoms with Crippen molar-refractivity contribution >= 4 is 6.21 Å². The zero-order chi connectivity index (χ0) is 10.7. The fourth-order valence-electron chi connectivity index (χ4n) is 1.04. The van der Waals surface area contributed by atoms with Gasteiger partial charge in [0.05, 0.1) is 6.21 Å². The molecule has 0 saturated heterocycles. The van der Waals surface area contributed by atoms with E-state index in [2.05, 4.69) is 15.3 Å². The van der Waals surface area contributed by atoms with Crippen LogP contribution in [-0.2, 0) is 0 Å². The van der Waals surface area contributed by atoms with Crippen LogP contribution in [0, 0.1) is 0 Å². The summed E-state index contributed by atoms with van der Waals surface area (Å²) in [6.45, 7) is 0. The first-order chi connectivity index (χ1) is 7.27. The van der Waals surface area contributed by atoms with Crippen molar-refractivity contribution in [3.8, 4) is 11.5 Å². The molecule has 0 aliphatic carbocycles. The molecule has 1 heterocycles. The van der Waals surface area contributed by atoms with Gasteiger partial charge in [-0.25, -0.2) is 4.68 Å². The Balaban J connectivity index is 2.28. The SMILES string of the molecule is Oc1cccc(C=Nn2cnnc2)c1O. The topological polar surface area (TPSA) is 83.5 Å². The van der Waals surface area contributed by atoms with Gasteiger partial charge in [-0.05, 0) is 12.1 Å². The highest BCUT2D eigenvalue weighted by atomic mass is 16.3. The molecule has 2 rings (SSSR count). The largest absolute Gasteiger partial charge is 0.504 e. The van der Waals surface area contributed by atoms with Crippen LogP contribution in [0.3, 0.4) is 0 Å². The molecule has 0 unspecified atom stereocenters. The minimum atomic E-state index is -0.200. The highest BCUT2D eigenvalue weighted by Gasteiger charge is 2.02. The molecule has 0 amide bonds. The monoisotopic (exact) mass is 204 g/mol. The summed E-state index contributed by atoms with van der Waals surface area (Å²) in [7, 11) is 0. The lowest BCUT2D eigenvalue weighted by molar-refractivity contribution is 0.403. The molecular formula is C9H8N4O2. The molecule has 2 N–H and O–H groups in total. The van der Waals surface area contributed by atoms with Gasteiger partial charge >= 0.3 is 0 Å². The van der Waals surface area contributed by atoms with Crippen LogP contribution in [0.4, 0.5) is 0 Å². The predicted octanol–water partition coefficient (Wildman–Crippen LogP) is 0.571. The van der Waals surface area contributed by atoms with Gasteiger partial charge in [-0.3, -0.25) is 0 Å². The van der Waals surface area contributed by atoms with E-state index in [1.54, 1.807) is 12.1 Å². The zero-order valence-corrected chi connectivity index (χ0v) is 7.65. The van der Waals surface area contributed by atoms with E-state index in [0.29, 0.717) is 5.56 Å². The van der Waals surface area contributed by atoms with Crippen LogP contribution in [0.5, 0.6) is 11.5 Å². The Morgan fingerprint density at radius 1 is 1.20 bits per heavy atom. The quantitative estimate of drug-likeness (QED) is 0.553. The van der Waals surface area contributed by atoms with Crippen molar-refractivity contribution in [2.75, 3.05) is 0 Å². The normalized spacial score (nSPS) is 10.9. The maximum absolute atomic E-state index is 9.44. The molecule has 0 saturated carbocycles. The number of phenolic OH excluding ortho intramolecular Hbond substituents is 2. The van der Waals surface area contributed by atoms with E-state index in [9.17, 15) is 10.2 Å². The molecule has 15 heavy (non-hydrogen) atoms. The Labute approximate surface area is 85.1 Å². The van der Waals surface area contributed by atoms with Crippen LogP contribution in [0.25, 0.3) is 0 Å². The van der Waals surface area contributed by atoms with Gasteiger partial charge in [0.2, 0.25) is 0 Å². The summed E-state index contributed by atoms with van der Waals surface area (Å²) < 4.78 is 1.38. The van der Waals surface area contributed by atoms with Crippen molar-refractivity contribution in [2.45, 2.75) is 0 Å². The average molecular weight is 204 g/mol. The van der Waals surface area contributed by atoms with E-state index in [4.69, 9.17) is 0 Å². The van der Waals surface area contributed by atoms with Gasteiger partial charge < -0.3 is 10.2 Å². The number of hydrogen-bond acceptors (Lipinski definition) is 5. The van der Waals surface area contributed by atoms with Crippen LogP contribution < -0.4 is 0 Å². The van der Waals surface area contributed by atoms with Crippen molar-refractivity contribution in [3.63, 3.8) is 0 Å². The van der Waals surface area contributed by atoms with E-state index in [-0.39, 0.29) is 11.5 Å². The molecule has 6 heteroatoms. The molecule has 0 aliphatic rings. The Hall–Kier alpha value is -2.37. The second kappa shape index (κ2) is 3.79. The van der Waals surface area contributed by atoms with E-state index in [1.165, 1.54) is 29.6 Å². The summed E-state index contributed by atoms with van der Waals surface area (Å²) in [6.07, 6.45) is 4.23. The molecule has 0 atom stereocenters. The lowest BCUT2D eigenvalue weighted by Crippen LogP contribution is -1.87. The third-order valence-electron chi connectivity index (χ3n) is 1.78. The van der Waals surface area contributed by atoms with E-state index in [1.807, 2.05) is 0 Å². The number of phenols is 2. The molecule has 0 bridgehead atoms. The first-order valence-electron chi connectivity index (χ1n) is 4.17. The van der Waals surface area contributed by atoms with E-state index >= 15 is 0 Å². The van der Waals surface area contributed by atoms with Crippen molar-refractivity contribution in [2.24, 2.45) is 5.10 Å². The maximum Gasteiger partial charge on any atom is 0.166 e. The molecule has 76 valence electrons. The molecule has 0 radical (unpaired) electrons. The third kappa shape index (κ3) is 1.93. The average Bonchev–Trinajstić information content (AvgIpc) is 2.73. The molecule has 0 fully saturated rings. The standard InChI is InChI=1S/C9H8N4O2/c14-8-3-1-2-7(9(8)15)4-12-13-5-10-11-6-13/h1-6,14-15H. The van der Waals surface area contributed by atoms with Crippen LogP contribution in [-0.4, -0.2) is 31.3 Å². The van der Waals surface area contributed by atoms with Gasteiger partial charge in [-0.2, -0.15) is 5.10 Å². The second-order valence-corrected chi connectivity index (χ2v) is 2.80. The lowest BCUT2D eigenvalue weighted by Gasteiger charge is -1.99. The van der Waals surface area contributed by atoms with Gasteiger partial charge in [-0.15, -0.1) is 10.2 Å². The molecule has 1 aromatic carbocycles. The minimum Gasteiger partial charge on any atom is -0.504 e. The molecule has 6 nitrogen and oxygen atoms in total. The molecule has 0 aliphatic heterocycles. The Kier molecular flexibility index (Phi) is 2.32. The first kappa shape index (κ1) is 9.20. The van der Waals surface area contributed by atoms with Gasteiger partial charge in [0.25, 0.3) is 0 Å². The fourth-order valence-corrected chi connectivity index (χ4v) is 1.04. The number of nitrogens with zero attached hydrogens (tertiary/aromatic N) is 4. The summed E-state index contributed by atoms with van der Waals surface area (Å²) in [4.78, 5) is 0. The van der Waals surface area contributed by atoms with Crippen molar-refractivity contribution in [3.05, 3.63) is 36.4 Å². The number of aromatic nitrogens is 3. The Morgan fingerprint density at radius 2 is 1.93 bits per heavy atom. The highest BCUT2D eigenvalue weighted by Crippen LogP contribution is 2.26. The number of rotatable bonds is 2. The van der Waals surface area contributed by atoms with Gasteiger partial charge in [0, 0.05) is 5.56 Å². The maximum atomic E-state index is 9.44. The summed E-state index contributed by atoms with van der Waals surface area (Å²) >= 11 is 0. The summed E-state index contributed by atoms with van der Waals surface area (Å²) in [5.41, 5.74) is 0.420. The lowest BCUT2D eigenvalue weighted by atomic mass is 10.2. The van der Waals surface area contributed by atoms with E-state index < -0.39 is 0 Å². The summed E-state index contributed by atoms with van der Waals surface area (Å²) in [6, 6.07) is 4.64. The van der Waals surface area contributed by atoms with Gasteiger partial charge in [0.15, 0.2) is 11.5 Å². The molecule has 0 spiro atoms. The first-order valence-corrected chi connectivity index (χ1v) is 4.17. The fraction of sp³-hybridized carbons (Fsp3) is 0. The molecular weight excluding hydrogens is 196 g/mol. The highest BCUT2D eigenvalue weighted by molar-refractivity contribution is 5.84. The number of benzene rings is 1. The third-order valence-corrected chi connectivity index (χ3v) is 1.78. The smallest absolute Gasteiger partial charge is 0.166 e. The van der Waals surface area contributed by atoms with Crippen molar-refractivity contribution in [1.29, 1.82) is 0 Å². The van der Waals surface area contributed by atoms with Crippen LogP contribution in [0.15, 0.2) is 36.0 Å². The van der Waals surface area contributed by atoms with Crippen LogP contribution in [0.2, 0.25) is 0 Å². The van der Waals surface area contributed by atoms with E-state index in [0.717, 1.165) is 0 Å². The number of aromatic hydroxyl groups is 2. The minimum absolute atomic E-state index is 0.178. The Morgan fingerprint density at radius 3 is 2.67 bits per heavy atom. The molecule has 1 aromatic heterocycles. The van der Waals surface area contributed by atoms with Crippen LogP contribution >= 0.6 is 0 Å². The zero-order valence-electron chi connectivity index (χ0n) is 7.65. The number of hydrogen-bond donors (Lipinski definition) is 2.